The van der Waals surface area contributed by atoms with Crippen LogP contribution in [-0.2, 0) is 11.4 Å². The van der Waals surface area contributed by atoms with Gasteiger partial charge in [0.15, 0.2) is 4.90 Å². The number of β-amino-alcohol motifs (C(OH)–C–C–N with tert-alkyl or cyclic N) is 1. The molecule has 0 amide bonds. The number of rotatable bonds is 3. The quantitative estimate of drug-likeness (QED) is 0.748. The molecule has 1 saturated heterocycles. The highest BCUT2D eigenvalue weighted by Gasteiger charge is 2.40. The highest BCUT2D eigenvalue weighted by atomic mass is 32.2. The first-order valence-electron chi connectivity index (χ1n) is 5.67. The number of nitrogens with two attached hydrogens (primary N) is 1. The Kier molecular flexibility index (Phi) is 3.90. The van der Waals surface area contributed by atoms with E-state index in [0.29, 0.717) is 30.0 Å². The van der Waals surface area contributed by atoms with Crippen LogP contribution in [0.4, 0.5) is 0 Å². The minimum atomic E-state index is -1.31. The van der Waals surface area contributed by atoms with E-state index in [4.69, 9.17) is 11.0 Å². The van der Waals surface area contributed by atoms with E-state index in [1.54, 1.807) is 28.6 Å². The van der Waals surface area contributed by atoms with Crippen molar-refractivity contribution in [1.82, 2.24) is 4.31 Å². The van der Waals surface area contributed by atoms with Gasteiger partial charge < -0.3 is 15.4 Å². The first-order valence-corrected chi connectivity index (χ1v) is 6.78. The summed E-state index contributed by atoms with van der Waals surface area (Å²) in [4.78, 5) is 0.635. The van der Waals surface area contributed by atoms with Crippen LogP contribution in [0.3, 0.4) is 0 Å². The molecule has 0 aliphatic carbocycles. The van der Waals surface area contributed by atoms with Gasteiger partial charge in [-0.15, -0.1) is 4.31 Å². The van der Waals surface area contributed by atoms with Crippen molar-refractivity contribution < 1.29 is 9.66 Å². The molecule has 1 aliphatic rings. The van der Waals surface area contributed by atoms with Crippen LogP contribution in [0.25, 0.3) is 0 Å². The van der Waals surface area contributed by atoms with Crippen molar-refractivity contribution in [3.63, 3.8) is 0 Å². The van der Waals surface area contributed by atoms with E-state index < -0.39 is 17.0 Å². The predicted octanol–water partition coefficient (Wildman–Crippen LogP) is -0.0236. The van der Waals surface area contributed by atoms with Gasteiger partial charge in [-0.1, -0.05) is 0 Å². The van der Waals surface area contributed by atoms with Crippen LogP contribution < -0.4 is 5.73 Å². The van der Waals surface area contributed by atoms with Gasteiger partial charge >= 0.3 is 0 Å². The summed E-state index contributed by atoms with van der Waals surface area (Å²) in [5.74, 6) is 0. The van der Waals surface area contributed by atoms with Crippen molar-refractivity contribution in [2.24, 2.45) is 5.73 Å². The van der Waals surface area contributed by atoms with Gasteiger partial charge in [-0.05, 0) is 30.7 Å². The van der Waals surface area contributed by atoms with Crippen molar-refractivity contribution in [3.8, 4) is 6.07 Å². The molecule has 1 fully saturated rings. The maximum atomic E-state index is 12.3. The Morgan fingerprint density at radius 3 is 2.67 bits per heavy atom. The van der Waals surface area contributed by atoms with E-state index in [0.717, 1.165) is 0 Å². The summed E-state index contributed by atoms with van der Waals surface area (Å²) in [5, 5.41) is 18.7. The number of nitriles is 1. The van der Waals surface area contributed by atoms with Crippen molar-refractivity contribution in [2.45, 2.75) is 16.9 Å². The summed E-state index contributed by atoms with van der Waals surface area (Å²) in [5.41, 5.74) is 5.10. The molecule has 1 aromatic rings. The number of benzene rings is 1. The summed E-state index contributed by atoms with van der Waals surface area (Å²) in [6, 6.07) is 8.64. The van der Waals surface area contributed by atoms with Gasteiger partial charge in [-0.3, -0.25) is 0 Å². The van der Waals surface area contributed by atoms with E-state index in [-0.39, 0.29) is 6.54 Å². The van der Waals surface area contributed by atoms with Crippen molar-refractivity contribution in [3.05, 3.63) is 29.8 Å². The van der Waals surface area contributed by atoms with Crippen molar-refractivity contribution >= 4 is 11.4 Å². The predicted molar refractivity (Wildman–Crippen MR) is 67.8 cm³/mol. The Bertz CT molecular complexity index is 459. The Morgan fingerprint density at radius 2 is 2.17 bits per heavy atom. The molecule has 0 radical (unpaired) electrons. The van der Waals surface area contributed by atoms with Gasteiger partial charge in [-0.25, -0.2) is 0 Å². The lowest BCUT2D eigenvalue weighted by Crippen LogP contribution is -2.41. The molecule has 1 aliphatic heterocycles. The largest absolute Gasteiger partial charge is 0.593 e. The number of nitrogens with zero attached hydrogens (tertiary/aromatic N) is 2. The second-order valence-corrected chi connectivity index (χ2v) is 5.91. The third kappa shape index (κ3) is 2.66. The van der Waals surface area contributed by atoms with Gasteiger partial charge in [0.25, 0.3) is 0 Å². The van der Waals surface area contributed by atoms with E-state index in [9.17, 15) is 9.66 Å². The Morgan fingerprint density at radius 1 is 1.50 bits per heavy atom. The zero-order valence-electron chi connectivity index (χ0n) is 9.87. The van der Waals surface area contributed by atoms with Crippen molar-refractivity contribution in [1.29, 1.82) is 5.26 Å². The molecule has 96 valence electrons. The average Bonchev–Trinajstić information content (AvgIpc) is 2.81. The molecule has 2 atom stereocenters. The topological polar surface area (TPSA) is 96.3 Å². The normalized spacial score (nSPS) is 25.9. The number of hydrogen-bond donors (Lipinski definition) is 2. The van der Waals surface area contributed by atoms with Crippen LogP contribution in [0.15, 0.2) is 29.2 Å². The summed E-state index contributed by atoms with van der Waals surface area (Å²) < 4.78 is 14.0. The monoisotopic (exact) mass is 265 g/mol. The molecule has 0 spiro atoms. The van der Waals surface area contributed by atoms with E-state index in [2.05, 4.69) is 0 Å². The zero-order valence-corrected chi connectivity index (χ0v) is 10.7. The second-order valence-electron chi connectivity index (χ2n) is 4.43. The van der Waals surface area contributed by atoms with Crippen LogP contribution in [0.1, 0.15) is 12.0 Å². The number of aliphatic hydroxyl groups is 1. The minimum absolute atomic E-state index is 0.175. The first kappa shape index (κ1) is 13.3. The van der Waals surface area contributed by atoms with E-state index >= 15 is 0 Å². The Labute approximate surface area is 109 Å². The van der Waals surface area contributed by atoms with Crippen LogP contribution in [-0.4, -0.2) is 39.2 Å². The smallest absolute Gasteiger partial charge is 0.174 e. The third-order valence-electron chi connectivity index (χ3n) is 3.10. The molecule has 18 heavy (non-hydrogen) atoms. The fourth-order valence-electron chi connectivity index (χ4n) is 1.92. The van der Waals surface area contributed by atoms with Crippen LogP contribution >= 0.6 is 0 Å². The molecule has 5 nitrogen and oxygen atoms in total. The maximum Gasteiger partial charge on any atom is 0.174 e. The van der Waals surface area contributed by atoms with Gasteiger partial charge in [0.1, 0.15) is 0 Å². The van der Waals surface area contributed by atoms with Gasteiger partial charge in [0, 0.05) is 13.1 Å². The lowest BCUT2D eigenvalue weighted by atomic mass is 10.1. The molecule has 0 saturated carbocycles. The molecular weight excluding hydrogens is 250 g/mol. The van der Waals surface area contributed by atoms with E-state index in [1.165, 1.54) is 0 Å². The molecular formula is C12H15N3O2S. The lowest BCUT2D eigenvalue weighted by molar-refractivity contribution is 0.0651. The Hall–Kier alpha value is -1.10. The van der Waals surface area contributed by atoms with Crippen LogP contribution in [0, 0.1) is 11.3 Å². The second kappa shape index (κ2) is 5.26. The highest BCUT2D eigenvalue weighted by molar-refractivity contribution is 7.89. The standard InChI is InChI=1S/C12H15N3O2S/c13-7-10-1-3-11(4-2-10)18(17)15-6-5-12(16,8-14)9-15/h1-4,16H,5-6,8-9,14H2. The fraction of sp³-hybridized carbons (Fsp3) is 0.417. The van der Waals surface area contributed by atoms with Gasteiger partial charge in [-0.2, -0.15) is 5.26 Å². The van der Waals surface area contributed by atoms with Crippen LogP contribution in [0.2, 0.25) is 0 Å². The van der Waals surface area contributed by atoms with Gasteiger partial charge in [0.05, 0.1) is 35.1 Å². The zero-order chi connectivity index (χ0) is 13.2. The maximum absolute atomic E-state index is 12.3. The number of hydrogen-bond acceptors (Lipinski definition) is 5. The third-order valence-corrected chi connectivity index (χ3v) is 4.55. The molecule has 1 aromatic carbocycles. The lowest BCUT2D eigenvalue weighted by Gasteiger charge is -2.22. The molecule has 0 bridgehead atoms. The first-order chi connectivity index (χ1) is 8.58. The molecule has 3 N–H and O–H groups in total. The SMILES string of the molecule is N#Cc1ccc([S+]([O-])N2CCC(O)(CN)C2)cc1. The van der Waals surface area contributed by atoms with Gasteiger partial charge in [0.2, 0.25) is 0 Å². The fourth-order valence-corrected chi connectivity index (χ4v) is 3.20. The van der Waals surface area contributed by atoms with E-state index in [1.807, 2.05) is 6.07 Å². The molecule has 0 aromatic heterocycles. The summed E-state index contributed by atoms with van der Waals surface area (Å²) in [6.45, 7) is 1.05. The molecule has 2 unspecified atom stereocenters. The highest BCUT2D eigenvalue weighted by Crippen LogP contribution is 2.26. The molecule has 6 heteroatoms. The van der Waals surface area contributed by atoms with Crippen LogP contribution in [0.5, 0.6) is 0 Å². The Balaban J connectivity index is 2.08. The van der Waals surface area contributed by atoms with Crippen molar-refractivity contribution in [2.75, 3.05) is 19.6 Å². The average molecular weight is 265 g/mol. The summed E-state index contributed by atoms with van der Waals surface area (Å²) >= 11 is -1.31. The summed E-state index contributed by atoms with van der Waals surface area (Å²) in [6.07, 6.45) is 0.533. The minimum Gasteiger partial charge on any atom is -0.593 e. The summed E-state index contributed by atoms with van der Waals surface area (Å²) in [7, 11) is 0. The molecule has 1 heterocycles. The molecule has 2 rings (SSSR count).